The summed E-state index contributed by atoms with van der Waals surface area (Å²) in [6.45, 7) is 19.2. The number of rotatable bonds is 2. The quantitative estimate of drug-likeness (QED) is 0.638. The third-order valence-corrected chi connectivity index (χ3v) is 6.57. The first-order valence-corrected chi connectivity index (χ1v) is 10.8. The number of hydrogen-bond acceptors (Lipinski definition) is 2. The van der Waals surface area contributed by atoms with Crippen molar-refractivity contribution in [2.45, 2.75) is 41.5 Å². The maximum atomic E-state index is 3.94. The summed E-state index contributed by atoms with van der Waals surface area (Å²) in [5.41, 5.74) is 10.8. The normalized spacial score (nSPS) is 14.2. The van der Waals surface area contributed by atoms with Crippen LogP contribution in [0.5, 0.6) is 0 Å². The molecule has 0 aliphatic carbocycles. The first-order chi connectivity index (χ1) is 12.3. The van der Waals surface area contributed by atoms with Gasteiger partial charge in [0.05, 0.1) is 0 Å². The molecule has 0 saturated carbocycles. The molecule has 0 N–H and O–H groups in total. The molecule has 3 heteroatoms. The first kappa shape index (κ1) is 19.0. The van der Waals surface area contributed by atoms with Gasteiger partial charge in [0.25, 0.3) is 0 Å². The average Bonchev–Trinajstić information content (AvgIpc) is 2.89. The van der Waals surface area contributed by atoms with Crippen LogP contribution in [0.15, 0.2) is 30.8 Å². The summed E-state index contributed by atoms with van der Waals surface area (Å²) >= 11 is -0.164. The molecule has 0 aromatic heterocycles. The Hall–Kier alpha value is -1.82. The Morgan fingerprint density at radius 1 is 0.731 bits per heavy atom. The minimum absolute atomic E-state index is 0.164. The van der Waals surface area contributed by atoms with E-state index in [-0.39, 0.29) is 16.2 Å². The van der Waals surface area contributed by atoms with E-state index in [1.165, 1.54) is 49.1 Å². The Labute approximate surface area is 164 Å². The van der Waals surface area contributed by atoms with Crippen molar-refractivity contribution in [3.63, 3.8) is 0 Å². The third-order valence-electron chi connectivity index (χ3n) is 4.93. The molecule has 0 radical (unpaired) electrons. The van der Waals surface area contributed by atoms with Gasteiger partial charge in [0.2, 0.25) is 0 Å². The van der Waals surface area contributed by atoms with Gasteiger partial charge in [-0.3, -0.25) is 0 Å². The predicted molar refractivity (Wildman–Crippen MR) is 112 cm³/mol. The van der Waals surface area contributed by atoms with Crippen LogP contribution in [-0.2, 0) is 16.2 Å². The van der Waals surface area contributed by atoms with Gasteiger partial charge in [0.1, 0.15) is 0 Å². The molecule has 0 bridgehead atoms. The van der Waals surface area contributed by atoms with Gasteiger partial charge >= 0.3 is 165 Å². The Morgan fingerprint density at radius 3 is 1.38 bits per heavy atom. The van der Waals surface area contributed by atoms with E-state index in [0.29, 0.717) is 0 Å². The Morgan fingerprint density at radius 2 is 1.08 bits per heavy atom. The average molecular weight is 434 g/mol. The van der Waals surface area contributed by atoms with E-state index < -0.39 is 0 Å². The zero-order valence-electron chi connectivity index (χ0n) is 16.7. The molecule has 26 heavy (non-hydrogen) atoms. The van der Waals surface area contributed by atoms with Crippen LogP contribution in [0.25, 0.3) is 0 Å². The maximum absolute atomic E-state index is 3.94. The molecular weight excluding hydrogens is 405 g/mol. The van der Waals surface area contributed by atoms with Crippen molar-refractivity contribution in [2.24, 2.45) is 0 Å². The molecule has 3 rings (SSSR count). The van der Waals surface area contributed by atoms with E-state index in [2.05, 4.69) is 86.5 Å². The van der Waals surface area contributed by atoms with Crippen LogP contribution in [0.4, 0.5) is 11.4 Å². The zero-order valence-corrected chi connectivity index (χ0v) is 18.4. The molecule has 1 heterocycles. The number of anilines is 2. The molecule has 2 aromatic rings. The predicted octanol–water partition coefficient (Wildman–Crippen LogP) is 4.62. The molecule has 2 nitrogen and oxygen atoms in total. The number of aryl methyl sites for hydroxylation is 6. The van der Waals surface area contributed by atoms with Crippen molar-refractivity contribution in [2.75, 3.05) is 22.9 Å². The minimum atomic E-state index is -0.164. The molecule has 0 unspecified atom stereocenters. The monoisotopic (exact) mass is 434 g/mol. The summed E-state index contributed by atoms with van der Waals surface area (Å²) < 4.78 is 4.60. The Bertz CT molecular complexity index is 847. The van der Waals surface area contributed by atoms with Crippen LogP contribution in [-0.4, -0.2) is 21.7 Å². The van der Waals surface area contributed by atoms with Crippen molar-refractivity contribution in [3.8, 4) is 0 Å². The van der Waals surface area contributed by atoms with Crippen LogP contribution >= 0.6 is 0 Å². The fourth-order valence-electron chi connectivity index (χ4n) is 4.28. The van der Waals surface area contributed by atoms with Crippen molar-refractivity contribution in [3.05, 3.63) is 64.2 Å². The number of hydrogen-bond donors (Lipinski definition) is 0. The standard InChI is InChI=1S/C21H26N2.C2H2.Ru/c1-14-9-16(3)20(17(4)10-14)22-7-8-23(13-22)21-18(5)11-15(2)12-19(21)6;1-2;/h9-12H,7-8H2,1-6H3;1H2;. The van der Waals surface area contributed by atoms with Gasteiger partial charge in [-0.05, 0) is 0 Å². The zero-order chi connectivity index (χ0) is 19.0. The van der Waals surface area contributed by atoms with Crippen LogP contribution in [0, 0.1) is 41.5 Å². The summed E-state index contributed by atoms with van der Waals surface area (Å²) in [5.74, 6) is 0. The van der Waals surface area contributed by atoms with Crippen molar-refractivity contribution >= 4 is 20.0 Å². The molecule has 2 aromatic carbocycles. The third kappa shape index (κ3) is 3.39. The summed E-state index contributed by atoms with van der Waals surface area (Å²) in [7, 11) is 0. The summed E-state index contributed by atoms with van der Waals surface area (Å²) in [6.07, 6.45) is 0. The van der Waals surface area contributed by atoms with E-state index in [1.54, 1.807) is 0 Å². The Kier molecular flexibility index (Phi) is 5.42. The van der Waals surface area contributed by atoms with Crippen molar-refractivity contribution < 1.29 is 16.2 Å². The van der Waals surface area contributed by atoms with Crippen LogP contribution in [0.1, 0.15) is 33.4 Å². The van der Waals surface area contributed by atoms with Crippen LogP contribution in [0.2, 0.25) is 0 Å². The number of benzene rings is 2. The molecular formula is C23H28N2Ru. The first-order valence-electron chi connectivity index (χ1n) is 9.04. The van der Waals surface area contributed by atoms with E-state index in [9.17, 15) is 0 Å². The summed E-state index contributed by atoms with van der Waals surface area (Å²) in [5, 5.41) is 0. The van der Waals surface area contributed by atoms with Gasteiger partial charge in [-0.15, -0.1) is 0 Å². The summed E-state index contributed by atoms with van der Waals surface area (Å²) in [6, 6.07) is 9.16. The van der Waals surface area contributed by atoms with Gasteiger partial charge in [0, 0.05) is 0 Å². The van der Waals surface area contributed by atoms with Gasteiger partial charge in [0.15, 0.2) is 0 Å². The molecule has 138 valence electrons. The van der Waals surface area contributed by atoms with Gasteiger partial charge in [-0.1, -0.05) is 0 Å². The molecule has 0 amide bonds. The topological polar surface area (TPSA) is 6.48 Å². The van der Waals surface area contributed by atoms with E-state index in [1.807, 2.05) is 0 Å². The van der Waals surface area contributed by atoms with Gasteiger partial charge in [-0.25, -0.2) is 0 Å². The summed E-state index contributed by atoms with van der Waals surface area (Å²) in [4.78, 5) is 5.03. The molecule has 0 atom stereocenters. The number of nitrogens with zero attached hydrogens (tertiary/aromatic N) is 2. The van der Waals surface area contributed by atoms with Crippen molar-refractivity contribution in [1.29, 1.82) is 0 Å². The fourth-order valence-corrected chi connectivity index (χ4v) is 5.80. The molecule has 1 saturated heterocycles. The van der Waals surface area contributed by atoms with Gasteiger partial charge in [-0.2, -0.15) is 0 Å². The van der Waals surface area contributed by atoms with Crippen molar-refractivity contribution in [1.82, 2.24) is 0 Å². The van der Waals surface area contributed by atoms with Crippen LogP contribution < -0.4 is 9.80 Å². The van der Waals surface area contributed by atoms with E-state index in [0.717, 1.165) is 13.1 Å². The second kappa shape index (κ2) is 7.43. The van der Waals surface area contributed by atoms with E-state index >= 15 is 0 Å². The SMILES string of the molecule is C=[C]=[Ru]=[C]1N(c2c(C)cc(C)cc2C)CCN1c1c(C)cc(C)cc1C. The Balaban J connectivity index is 2.15. The molecule has 1 aliphatic rings. The van der Waals surface area contributed by atoms with E-state index in [4.69, 9.17) is 0 Å². The molecule has 0 spiro atoms. The molecule has 1 fully saturated rings. The second-order valence-corrected chi connectivity index (χ2v) is 9.10. The van der Waals surface area contributed by atoms with Crippen LogP contribution in [0.3, 0.4) is 0 Å². The second-order valence-electron chi connectivity index (χ2n) is 7.27. The fraction of sp³-hybridized carbons (Fsp3) is 0.348. The van der Waals surface area contributed by atoms with Gasteiger partial charge < -0.3 is 0 Å². The molecule has 1 aliphatic heterocycles.